The molecule has 1 aliphatic heterocycles. The zero-order chi connectivity index (χ0) is 21.5. The number of nitrogens with zero attached hydrogens (tertiary/aromatic N) is 2. The molecular weight excluding hydrogens is 370 g/mol. The van der Waals surface area contributed by atoms with Crippen molar-refractivity contribution in [2.45, 2.75) is 53.4 Å². The molecule has 3 rings (SSSR count). The van der Waals surface area contributed by atoms with Gasteiger partial charge < -0.3 is 10.2 Å². The van der Waals surface area contributed by atoms with Crippen molar-refractivity contribution in [1.82, 2.24) is 10.3 Å². The molecule has 0 spiro atoms. The molecule has 1 saturated heterocycles. The third-order valence-corrected chi connectivity index (χ3v) is 5.73. The van der Waals surface area contributed by atoms with Crippen molar-refractivity contribution in [3.63, 3.8) is 0 Å². The van der Waals surface area contributed by atoms with Crippen molar-refractivity contribution >= 4 is 22.6 Å². The second kappa shape index (κ2) is 10.4. The molecular formula is C26H35N3O. The van der Waals surface area contributed by atoms with Gasteiger partial charge in [-0.05, 0) is 64.5 Å². The van der Waals surface area contributed by atoms with E-state index in [4.69, 9.17) is 4.98 Å². The SMILES string of the molecule is CC(C)=CCCC(C)=CCNC(=O)c1cc(N2CCCC(C)C2)nc2ccccc12. The predicted molar refractivity (Wildman–Crippen MR) is 127 cm³/mol. The smallest absolute Gasteiger partial charge is 0.252 e. The molecule has 1 unspecified atom stereocenters. The lowest BCUT2D eigenvalue weighted by Gasteiger charge is -2.32. The van der Waals surface area contributed by atoms with E-state index in [9.17, 15) is 4.79 Å². The third kappa shape index (κ3) is 5.94. The molecule has 1 amide bonds. The average Bonchev–Trinajstić information content (AvgIpc) is 2.72. The van der Waals surface area contributed by atoms with Crippen molar-refractivity contribution in [3.05, 3.63) is 59.2 Å². The molecule has 4 nitrogen and oxygen atoms in total. The van der Waals surface area contributed by atoms with Gasteiger partial charge in [0.1, 0.15) is 5.82 Å². The number of rotatable bonds is 7. The molecule has 160 valence electrons. The highest BCUT2D eigenvalue weighted by Crippen LogP contribution is 2.26. The Hall–Kier alpha value is -2.62. The van der Waals surface area contributed by atoms with Crippen LogP contribution in [0.4, 0.5) is 5.82 Å². The molecule has 1 aromatic carbocycles. The minimum absolute atomic E-state index is 0.0340. The minimum Gasteiger partial charge on any atom is -0.356 e. The number of aromatic nitrogens is 1. The highest BCUT2D eigenvalue weighted by Gasteiger charge is 2.20. The molecule has 0 radical (unpaired) electrons. The lowest BCUT2D eigenvalue weighted by molar-refractivity contribution is 0.0959. The van der Waals surface area contributed by atoms with Crippen molar-refractivity contribution in [2.75, 3.05) is 24.5 Å². The fourth-order valence-electron chi connectivity index (χ4n) is 4.01. The summed E-state index contributed by atoms with van der Waals surface area (Å²) in [6.45, 7) is 11.2. The van der Waals surface area contributed by atoms with Gasteiger partial charge in [0, 0.05) is 25.0 Å². The molecule has 0 bridgehead atoms. The van der Waals surface area contributed by atoms with Crippen LogP contribution in [0.15, 0.2) is 53.6 Å². The zero-order valence-electron chi connectivity index (χ0n) is 18.9. The Bertz CT molecular complexity index is 940. The maximum Gasteiger partial charge on any atom is 0.252 e. The molecule has 2 aromatic rings. The van der Waals surface area contributed by atoms with Crippen LogP contribution in [0, 0.1) is 5.92 Å². The van der Waals surface area contributed by atoms with Crippen LogP contribution in [-0.2, 0) is 0 Å². The average molecular weight is 406 g/mol. The van der Waals surface area contributed by atoms with Gasteiger partial charge in [-0.25, -0.2) is 4.98 Å². The monoisotopic (exact) mass is 405 g/mol. The molecule has 1 aliphatic rings. The van der Waals surface area contributed by atoms with E-state index in [1.807, 2.05) is 30.3 Å². The first-order valence-corrected chi connectivity index (χ1v) is 11.2. The number of carbonyl (C=O) groups is 1. The second-order valence-corrected chi connectivity index (χ2v) is 8.82. The fourth-order valence-corrected chi connectivity index (χ4v) is 4.01. The summed E-state index contributed by atoms with van der Waals surface area (Å²) < 4.78 is 0. The number of hydrogen-bond donors (Lipinski definition) is 1. The van der Waals surface area contributed by atoms with E-state index in [-0.39, 0.29) is 5.91 Å². The first-order valence-electron chi connectivity index (χ1n) is 11.2. The number of benzene rings is 1. The van der Waals surface area contributed by atoms with E-state index >= 15 is 0 Å². The summed E-state index contributed by atoms with van der Waals surface area (Å²) in [7, 11) is 0. The van der Waals surface area contributed by atoms with Gasteiger partial charge in [0.05, 0.1) is 11.1 Å². The maximum absolute atomic E-state index is 13.0. The number of anilines is 1. The molecule has 0 saturated carbocycles. The third-order valence-electron chi connectivity index (χ3n) is 5.73. The van der Waals surface area contributed by atoms with Gasteiger partial charge in [-0.3, -0.25) is 4.79 Å². The van der Waals surface area contributed by atoms with Crippen molar-refractivity contribution in [2.24, 2.45) is 5.92 Å². The number of nitrogens with one attached hydrogen (secondary N) is 1. The molecule has 30 heavy (non-hydrogen) atoms. The summed E-state index contributed by atoms with van der Waals surface area (Å²) in [5.41, 5.74) is 4.24. The lowest BCUT2D eigenvalue weighted by atomic mass is 10.00. The van der Waals surface area contributed by atoms with E-state index in [1.54, 1.807) is 0 Å². The van der Waals surface area contributed by atoms with Crippen LogP contribution in [0.3, 0.4) is 0 Å². The Morgan fingerprint density at radius 2 is 2.03 bits per heavy atom. The number of pyridine rings is 1. The van der Waals surface area contributed by atoms with Gasteiger partial charge in [-0.1, -0.05) is 48.4 Å². The van der Waals surface area contributed by atoms with Gasteiger partial charge >= 0.3 is 0 Å². The van der Waals surface area contributed by atoms with Crippen molar-refractivity contribution < 1.29 is 4.79 Å². The molecule has 1 aromatic heterocycles. The normalized spacial score (nSPS) is 17.1. The number of piperidine rings is 1. The summed E-state index contributed by atoms with van der Waals surface area (Å²) in [6.07, 6.45) is 8.88. The highest BCUT2D eigenvalue weighted by molar-refractivity contribution is 6.07. The molecule has 4 heteroatoms. The Balaban J connectivity index is 1.75. The van der Waals surface area contributed by atoms with Gasteiger partial charge in [-0.2, -0.15) is 0 Å². The first kappa shape index (κ1) is 22.1. The Morgan fingerprint density at radius 1 is 1.23 bits per heavy atom. The number of para-hydroxylation sites is 1. The Morgan fingerprint density at radius 3 is 2.80 bits per heavy atom. The summed E-state index contributed by atoms with van der Waals surface area (Å²) in [5, 5.41) is 3.99. The van der Waals surface area contributed by atoms with Crippen molar-refractivity contribution in [1.29, 1.82) is 0 Å². The molecule has 2 heterocycles. The van der Waals surface area contributed by atoms with E-state index in [0.29, 0.717) is 18.0 Å². The molecule has 1 atom stereocenters. The van der Waals surface area contributed by atoms with Crippen LogP contribution in [0.2, 0.25) is 0 Å². The van der Waals surface area contributed by atoms with E-state index < -0.39 is 0 Å². The number of hydrogen-bond acceptors (Lipinski definition) is 3. The van der Waals surface area contributed by atoms with E-state index in [1.165, 1.54) is 24.0 Å². The lowest BCUT2D eigenvalue weighted by Crippen LogP contribution is -2.35. The van der Waals surface area contributed by atoms with Crippen molar-refractivity contribution in [3.8, 4) is 0 Å². The highest BCUT2D eigenvalue weighted by atomic mass is 16.1. The number of allylic oxidation sites excluding steroid dienone is 3. The van der Waals surface area contributed by atoms with E-state index in [0.717, 1.165) is 42.7 Å². The largest absolute Gasteiger partial charge is 0.356 e. The second-order valence-electron chi connectivity index (χ2n) is 8.82. The van der Waals surface area contributed by atoms with Crippen LogP contribution >= 0.6 is 0 Å². The standard InChI is InChI=1S/C26H35N3O/c1-19(2)9-7-10-20(3)14-15-27-26(30)23-17-25(29-16-8-11-21(4)18-29)28-24-13-6-5-12-22(23)24/h5-6,9,12-14,17,21H,7-8,10-11,15-16,18H2,1-4H3,(H,27,30). The van der Waals surface area contributed by atoms with Gasteiger partial charge in [0.15, 0.2) is 0 Å². The topological polar surface area (TPSA) is 45.2 Å². The van der Waals surface area contributed by atoms with Crippen LogP contribution in [-0.4, -0.2) is 30.5 Å². The summed E-state index contributed by atoms with van der Waals surface area (Å²) in [4.78, 5) is 20.2. The Labute approximate surface area is 181 Å². The quantitative estimate of drug-likeness (QED) is 0.584. The fraction of sp³-hybridized carbons (Fsp3) is 0.462. The van der Waals surface area contributed by atoms with Crippen LogP contribution in [0.25, 0.3) is 10.9 Å². The summed E-state index contributed by atoms with van der Waals surface area (Å²) >= 11 is 0. The number of amides is 1. The predicted octanol–water partition coefficient (Wildman–Crippen LogP) is 5.89. The zero-order valence-corrected chi connectivity index (χ0v) is 18.9. The van der Waals surface area contributed by atoms with Gasteiger partial charge in [0.2, 0.25) is 0 Å². The van der Waals surface area contributed by atoms with E-state index in [2.05, 4.69) is 50.1 Å². The molecule has 1 N–H and O–H groups in total. The van der Waals surface area contributed by atoms with Gasteiger partial charge in [-0.15, -0.1) is 0 Å². The van der Waals surface area contributed by atoms with Crippen LogP contribution in [0.1, 0.15) is 63.7 Å². The van der Waals surface area contributed by atoms with Gasteiger partial charge in [0.25, 0.3) is 5.91 Å². The first-order chi connectivity index (χ1) is 14.4. The molecule has 0 aliphatic carbocycles. The maximum atomic E-state index is 13.0. The van der Waals surface area contributed by atoms with Crippen LogP contribution in [0.5, 0.6) is 0 Å². The number of carbonyl (C=O) groups excluding carboxylic acids is 1. The molecule has 1 fully saturated rings. The van der Waals surface area contributed by atoms with Crippen LogP contribution < -0.4 is 10.2 Å². The summed E-state index contributed by atoms with van der Waals surface area (Å²) in [6, 6.07) is 9.91. The summed E-state index contributed by atoms with van der Waals surface area (Å²) in [5.74, 6) is 1.54. The minimum atomic E-state index is -0.0340. The Kier molecular flexibility index (Phi) is 7.67. The number of fused-ring (bicyclic) bond motifs is 1.